The smallest absolute Gasteiger partial charge is 0.163 e. The van der Waals surface area contributed by atoms with Crippen LogP contribution in [-0.4, -0.2) is 15.6 Å². The molecule has 0 bridgehead atoms. The number of carbonyl (C=O) groups is 1. The maximum atomic E-state index is 12.0. The number of aromatic nitrogens is 2. The van der Waals surface area contributed by atoms with Crippen LogP contribution in [0.25, 0.3) is 11.1 Å². The van der Waals surface area contributed by atoms with Crippen LogP contribution in [0.4, 0.5) is 0 Å². The molecule has 0 aliphatic heterocycles. The third kappa shape index (κ3) is 2.53. The van der Waals surface area contributed by atoms with E-state index in [0.717, 1.165) is 42.5 Å². The third-order valence-corrected chi connectivity index (χ3v) is 3.97. The van der Waals surface area contributed by atoms with E-state index in [-0.39, 0.29) is 5.78 Å². The first-order valence-electron chi connectivity index (χ1n) is 7.47. The number of hydrogen-bond donors (Lipinski definition) is 0. The molecule has 104 valence electrons. The van der Waals surface area contributed by atoms with Gasteiger partial charge in [-0.05, 0) is 36.5 Å². The molecule has 2 aromatic rings. The first-order chi connectivity index (χ1) is 9.78. The highest BCUT2D eigenvalue weighted by Gasteiger charge is 2.17. The zero-order valence-electron chi connectivity index (χ0n) is 11.9. The lowest BCUT2D eigenvalue weighted by Gasteiger charge is -2.15. The van der Waals surface area contributed by atoms with Gasteiger partial charge >= 0.3 is 0 Å². The van der Waals surface area contributed by atoms with Gasteiger partial charge in [0.05, 0.1) is 6.20 Å². The van der Waals surface area contributed by atoms with Gasteiger partial charge in [0.2, 0.25) is 0 Å². The summed E-state index contributed by atoms with van der Waals surface area (Å²) in [5.41, 5.74) is 4.31. The molecule has 0 saturated heterocycles. The Hall–Kier alpha value is -1.90. The van der Waals surface area contributed by atoms with E-state index >= 15 is 0 Å². The van der Waals surface area contributed by atoms with E-state index in [2.05, 4.69) is 30.4 Å². The summed E-state index contributed by atoms with van der Waals surface area (Å²) in [5, 5.41) is 4.39. The van der Waals surface area contributed by atoms with E-state index in [0.29, 0.717) is 6.42 Å². The molecule has 3 rings (SSSR count). The predicted molar refractivity (Wildman–Crippen MR) is 79.8 cm³/mol. The maximum Gasteiger partial charge on any atom is 0.163 e. The summed E-state index contributed by atoms with van der Waals surface area (Å²) in [4.78, 5) is 12.0. The van der Waals surface area contributed by atoms with Gasteiger partial charge in [0.1, 0.15) is 0 Å². The van der Waals surface area contributed by atoms with E-state index in [9.17, 15) is 4.79 Å². The number of carbonyl (C=O) groups excluding carboxylic acids is 1. The van der Waals surface area contributed by atoms with Crippen molar-refractivity contribution < 1.29 is 4.79 Å². The van der Waals surface area contributed by atoms with Gasteiger partial charge in [0, 0.05) is 30.3 Å². The summed E-state index contributed by atoms with van der Waals surface area (Å²) in [7, 11) is 0. The Balaban J connectivity index is 1.88. The van der Waals surface area contributed by atoms with Crippen LogP contribution < -0.4 is 0 Å². The van der Waals surface area contributed by atoms with E-state index in [1.807, 2.05) is 16.9 Å². The van der Waals surface area contributed by atoms with Crippen molar-refractivity contribution in [1.29, 1.82) is 0 Å². The van der Waals surface area contributed by atoms with Gasteiger partial charge in [-0.1, -0.05) is 25.5 Å². The molecule has 0 fully saturated rings. The number of ketones is 1. The lowest BCUT2D eigenvalue weighted by molar-refractivity contribution is 0.0972. The topological polar surface area (TPSA) is 34.9 Å². The molecular weight excluding hydrogens is 248 g/mol. The Morgan fingerprint density at radius 3 is 3.00 bits per heavy atom. The second-order valence-electron chi connectivity index (χ2n) is 5.49. The monoisotopic (exact) mass is 268 g/mol. The Labute approximate surface area is 119 Å². The quantitative estimate of drug-likeness (QED) is 0.843. The van der Waals surface area contributed by atoms with E-state index in [4.69, 9.17) is 0 Å². The van der Waals surface area contributed by atoms with Crippen LogP contribution in [-0.2, 0) is 13.0 Å². The molecule has 0 saturated carbocycles. The molecule has 0 spiro atoms. The Morgan fingerprint density at radius 1 is 1.25 bits per heavy atom. The van der Waals surface area contributed by atoms with Crippen LogP contribution in [0.15, 0.2) is 30.6 Å². The zero-order chi connectivity index (χ0) is 13.9. The van der Waals surface area contributed by atoms with E-state index < -0.39 is 0 Å². The van der Waals surface area contributed by atoms with Crippen LogP contribution in [0.3, 0.4) is 0 Å². The predicted octanol–water partition coefficient (Wildman–Crippen LogP) is 3.87. The van der Waals surface area contributed by atoms with E-state index in [1.165, 1.54) is 12.0 Å². The van der Waals surface area contributed by atoms with Crippen molar-refractivity contribution >= 4 is 5.78 Å². The molecule has 0 radical (unpaired) electrons. The number of benzene rings is 1. The van der Waals surface area contributed by atoms with Crippen LogP contribution in [0, 0.1) is 0 Å². The van der Waals surface area contributed by atoms with Crippen molar-refractivity contribution in [1.82, 2.24) is 9.78 Å². The fraction of sp³-hybridized carbons (Fsp3) is 0.412. The number of fused-ring (bicyclic) bond motifs is 1. The SMILES string of the molecule is CCCCn1cc(-c2ccc3c(c2)C(=O)CCC3)cn1. The first kappa shape index (κ1) is 13.1. The second kappa shape index (κ2) is 5.61. The summed E-state index contributed by atoms with van der Waals surface area (Å²) in [6, 6.07) is 6.25. The third-order valence-electron chi connectivity index (χ3n) is 3.97. The van der Waals surface area contributed by atoms with Crippen molar-refractivity contribution in [3.05, 3.63) is 41.7 Å². The number of aryl methyl sites for hydroxylation is 2. The van der Waals surface area contributed by atoms with Gasteiger partial charge in [-0.25, -0.2) is 0 Å². The fourth-order valence-electron chi connectivity index (χ4n) is 2.76. The van der Waals surface area contributed by atoms with Crippen LogP contribution in [0.5, 0.6) is 0 Å². The molecule has 1 aromatic heterocycles. The molecule has 0 amide bonds. The van der Waals surface area contributed by atoms with Crippen LogP contribution >= 0.6 is 0 Å². The maximum absolute atomic E-state index is 12.0. The van der Waals surface area contributed by atoms with Gasteiger partial charge in [-0.15, -0.1) is 0 Å². The molecule has 1 heterocycles. The molecule has 0 unspecified atom stereocenters. The minimum absolute atomic E-state index is 0.284. The van der Waals surface area contributed by atoms with Gasteiger partial charge in [0.15, 0.2) is 5.78 Å². The van der Waals surface area contributed by atoms with Crippen LogP contribution in [0.2, 0.25) is 0 Å². The summed E-state index contributed by atoms with van der Waals surface area (Å²) in [5.74, 6) is 0.284. The molecule has 1 aliphatic rings. The highest BCUT2D eigenvalue weighted by molar-refractivity contribution is 5.99. The van der Waals surface area contributed by atoms with Crippen molar-refractivity contribution in [2.45, 2.75) is 45.6 Å². The van der Waals surface area contributed by atoms with E-state index in [1.54, 1.807) is 0 Å². The zero-order valence-corrected chi connectivity index (χ0v) is 11.9. The molecule has 20 heavy (non-hydrogen) atoms. The Bertz CT molecular complexity index is 628. The summed E-state index contributed by atoms with van der Waals surface area (Å²) in [6.45, 7) is 3.14. The summed E-state index contributed by atoms with van der Waals surface area (Å²) in [6.07, 6.45) is 8.98. The van der Waals surface area contributed by atoms with Crippen LogP contribution in [0.1, 0.15) is 48.5 Å². The highest BCUT2D eigenvalue weighted by Crippen LogP contribution is 2.27. The largest absolute Gasteiger partial charge is 0.294 e. The molecule has 0 N–H and O–H groups in total. The standard InChI is InChI=1S/C17H20N2O/c1-2-3-9-19-12-15(11-18-19)14-8-7-13-5-4-6-17(20)16(13)10-14/h7-8,10-12H,2-6,9H2,1H3. The Kier molecular flexibility index (Phi) is 3.68. The van der Waals surface area contributed by atoms with Gasteiger partial charge in [0.25, 0.3) is 0 Å². The first-order valence-corrected chi connectivity index (χ1v) is 7.47. The molecule has 3 heteroatoms. The van der Waals surface area contributed by atoms with Gasteiger partial charge in [-0.3, -0.25) is 9.48 Å². The van der Waals surface area contributed by atoms with Crippen molar-refractivity contribution in [2.75, 3.05) is 0 Å². The number of hydrogen-bond acceptors (Lipinski definition) is 2. The summed E-state index contributed by atoms with van der Waals surface area (Å²) >= 11 is 0. The number of rotatable bonds is 4. The minimum atomic E-state index is 0.284. The fourth-order valence-corrected chi connectivity index (χ4v) is 2.76. The molecular formula is C17H20N2O. The number of nitrogens with zero attached hydrogens (tertiary/aromatic N) is 2. The minimum Gasteiger partial charge on any atom is -0.294 e. The molecule has 1 aliphatic carbocycles. The average molecular weight is 268 g/mol. The normalized spacial score (nSPS) is 14.3. The summed E-state index contributed by atoms with van der Waals surface area (Å²) < 4.78 is 1.99. The number of Topliss-reactive ketones (excluding diaryl/α,β-unsaturated/α-hetero) is 1. The van der Waals surface area contributed by atoms with Crippen molar-refractivity contribution in [3.8, 4) is 11.1 Å². The Morgan fingerprint density at radius 2 is 2.15 bits per heavy atom. The lowest BCUT2D eigenvalue weighted by atomic mass is 9.88. The van der Waals surface area contributed by atoms with Crippen molar-refractivity contribution in [3.63, 3.8) is 0 Å². The highest BCUT2D eigenvalue weighted by atomic mass is 16.1. The van der Waals surface area contributed by atoms with Gasteiger partial charge < -0.3 is 0 Å². The lowest BCUT2D eigenvalue weighted by Crippen LogP contribution is -2.10. The number of unbranched alkanes of at least 4 members (excludes halogenated alkanes) is 1. The molecule has 3 nitrogen and oxygen atoms in total. The average Bonchev–Trinajstić information content (AvgIpc) is 2.94. The van der Waals surface area contributed by atoms with Crippen molar-refractivity contribution in [2.24, 2.45) is 0 Å². The second-order valence-corrected chi connectivity index (χ2v) is 5.49. The molecule has 0 atom stereocenters. The molecule has 1 aromatic carbocycles. The van der Waals surface area contributed by atoms with Gasteiger partial charge in [-0.2, -0.15) is 5.10 Å².